The number of rotatable bonds is 2. The standard InChI is InChI=1S/C15H15ClN2O2/c16-12-6-9(7-17)4-5-13(12)18-8-10-2-1-3-11(10)14(18)15(19)20/h4-6,10-11,14H,1-3,8H2,(H,19,20). The SMILES string of the molecule is N#Cc1ccc(N2CC3CCCC3C2C(=O)O)c(Cl)c1. The van der Waals surface area contributed by atoms with E-state index in [9.17, 15) is 9.90 Å². The normalized spacial score (nSPS) is 28.2. The van der Waals surface area contributed by atoms with E-state index in [-0.39, 0.29) is 5.92 Å². The smallest absolute Gasteiger partial charge is 0.326 e. The second kappa shape index (κ2) is 4.99. The molecule has 0 radical (unpaired) electrons. The molecule has 2 aliphatic rings. The molecule has 1 aromatic carbocycles. The predicted octanol–water partition coefficient (Wildman–Crippen LogP) is 2.90. The van der Waals surface area contributed by atoms with Gasteiger partial charge in [-0.05, 0) is 42.9 Å². The van der Waals surface area contributed by atoms with Gasteiger partial charge in [0.25, 0.3) is 0 Å². The average molecular weight is 291 g/mol. The van der Waals surface area contributed by atoms with Crippen LogP contribution >= 0.6 is 11.6 Å². The minimum absolute atomic E-state index is 0.221. The van der Waals surface area contributed by atoms with E-state index in [0.29, 0.717) is 16.5 Å². The largest absolute Gasteiger partial charge is 0.480 e. The van der Waals surface area contributed by atoms with E-state index in [4.69, 9.17) is 16.9 Å². The Morgan fingerprint density at radius 2 is 2.25 bits per heavy atom. The fraction of sp³-hybridized carbons (Fsp3) is 0.467. The number of aliphatic carboxylic acids is 1. The van der Waals surface area contributed by atoms with Crippen molar-refractivity contribution in [2.75, 3.05) is 11.4 Å². The second-order valence-electron chi connectivity index (χ2n) is 5.57. The molecule has 1 aliphatic carbocycles. The lowest BCUT2D eigenvalue weighted by Gasteiger charge is -2.27. The molecule has 1 heterocycles. The Bertz CT molecular complexity index is 596. The molecule has 1 aliphatic heterocycles. The summed E-state index contributed by atoms with van der Waals surface area (Å²) in [7, 11) is 0. The van der Waals surface area contributed by atoms with Crippen LogP contribution in [-0.2, 0) is 4.79 Å². The minimum atomic E-state index is -0.778. The number of anilines is 1. The molecule has 20 heavy (non-hydrogen) atoms. The number of benzene rings is 1. The van der Waals surface area contributed by atoms with E-state index in [1.54, 1.807) is 18.2 Å². The number of hydrogen-bond acceptors (Lipinski definition) is 3. The van der Waals surface area contributed by atoms with Gasteiger partial charge in [-0.25, -0.2) is 4.79 Å². The van der Waals surface area contributed by atoms with Gasteiger partial charge in [-0.3, -0.25) is 0 Å². The zero-order chi connectivity index (χ0) is 14.3. The number of nitriles is 1. The number of nitrogens with zero attached hydrogens (tertiary/aromatic N) is 2. The van der Waals surface area contributed by atoms with Crippen LogP contribution in [0.3, 0.4) is 0 Å². The Morgan fingerprint density at radius 3 is 2.90 bits per heavy atom. The molecule has 0 aromatic heterocycles. The number of fused-ring (bicyclic) bond motifs is 1. The van der Waals surface area contributed by atoms with Gasteiger partial charge >= 0.3 is 5.97 Å². The molecule has 2 fully saturated rings. The zero-order valence-corrected chi connectivity index (χ0v) is 11.7. The van der Waals surface area contributed by atoms with Crippen molar-refractivity contribution < 1.29 is 9.90 Å². The molecule has 0 bridgehead atoms. The van der Waals surface area contributed by atoms with Crippen molar-refractivity contribution in [1.29, 1.82) is 5.26 Å². The number of hydrogen-bond donors (Lipinski definition) is 1. The summed E-state index contributed by atoms with van der Waals surface area (Å²) in [5.74, 6) is -0.109. The van der Waals surface area contributed by atoms with Crippen LogP contribution in [0.2, 0.25) is 5.02 Å². The van der Waals surface area contributed by atoms with E-state index in [1.165, 1.54) is 0 Å². The summed E-state index contributed by atoms with van der Waals surface area (Å²) in [6, 6.07) is 6.60. The Kier molecular flexibility index (Phi) is 3.31. The molecule has 0 amide bonds. The number of carboxylic acid groups (broad SMARTS) is 1. The van der Waals surface area contributed by atoms with Crippen LogP contribution < -0.4 is 4.90 Å². The summed E-state index contributed by atoms with van der Waals surface area (Å²) in [5, 5.41) is 18.9. The van der Waals surface area contributed by atoms with Gasteiger partial charge in [-0.2, -0.15) is 5.26 Å². The Morgan fingerprint density at radius 1 is 1.45 bits per heavy atom. The first-order valence-electron chi connectivity index (χ1n) is 6.81. The Hall–Kier alpha value is -1.73. The van der Waals surface area contributed by atoms with Crippen molar-refractivity contribution in [3.05, 3.63) is 28.8 Å². The third-order valence-corrected chi connectivity index (χ3v) is 4.83. The Balaban J connectivity index is 1.97. The monoisotopic (exact) mass is 290 g/mol. The molecule has 4 nitrogen and oxygen atoms in total. The summed E-state index contributed by atoms with van der Waals surface area (Å²) < 4.78 is 0. The molecule has 1 saturated heterocycles. The summed E-state index contributed by atoms with van der Waals surface area (Å²) in [6.07, 6.45) is 3.19. The minimum Gasteiger partial charge on any atom is -0.480 e. The highest BCUT2D eigenvalue weighted by atomic mass is 35.5. The molecule has 5 heteroatoms. The van der Waals surface area contributed by atoms with Crippen molar-refractivity contribution >= 4 is 23.3 Å². The topological polar surface area (TPSA) is 64.3 Å². The van der Waals surface area contributed by atoms with Crippen LogP contribution in [-0.4, -0.2) is 23.7 Å². The van der Waals surface area contributed by atoms with Gasteiger partial charge in [-0.15, -0.1) is 0 Å². The third kappa shape index (κ3) is 2.03. The first-order valence-corrected chi connectivity index (χ1v) is 7.18. The van der Waals surface area contributed by atoms with Gasteiger partial charge < -0.3 is 10.0 Å². The molecule has 1 N–H and O–H groups in total. The zero-order valence-electron chi connectivity index (χ0n) is 10.9. The summed E-state index contributed by atoms with van der Waals surface area (Å²) in [4.78, 5) is 13.5. The van der Waals surface area contributed by atoms with Crippen LogP contribution in [0.4, 0.5) is 5.69 Å². The third-order valence-electron chi connectivity index (χ3n) is 4.53. The average Bonchev–Trinajstić information content (AvgIpc) is 2.97. The number of halogens is 1. The molecule has 0 spiro atoms. The van der Waals surface area contributed by atoms with Crippen molar-refractivity contribution in [2.24, 2.45) is 11.8 Å². The highest BCUT2D eigenvalue weighted by Crippen LogP contribution is 2.45. The van der Waals surface area contributed by atoms with Crippen LogP contribution in [0.15, 0.2) is 18.2 Å². The van der Waals surface area contributed by atoms with E-state index in [0.717, 1.165) is 31.5 Å². The molecular formula is C15H15ClN2O2. The van der Waals surface area contributed by atoms with Crippen LogP contribution in [0.5, 0.6) is 0 Å². The van der Waals surface area contributed by atoms with Crippen molar-refractivity contribution in [3.63, 3.8) is 0 Å². The maximum atomic E-state index is 11.6. The quantitative estimate of drug-likeness (QED) is 0.909. The van der Waals surface area contributed by atoms with Gasteiger partial charge in [0.15, 0.2) is 0 Å². The number of carboxylic acids is 1. The van der Waals surface area contributed by atoms with Gasteiger partial charge in [0, 0.05) is 6.54 Å². The lowest BCUT2D eigenvalue weighted by atomic mass is 9.94. The molecule has 104 valence electrons. The van der Waals surface area contributed by atoms with E-state index in [2.05, 4.69) is 0 Å². The van der Waals surface area contributed by atoms with Gasteiger partial charge in [0.05, 0.1) is 22.3 Å². The first kappa shape index (κ1) is 13.3. The fourth-order valence-corrected chi connectivity index (χ4v) is 3.97. The second-order valence-corrected chi connectivity index (χ2v) is 5.98. The van der Waals surface area contributed by atoms with Crippen LogP contribution in [0, 0.1) is 23.2 Å². The summed E-state index contributed by atoms with van der Waals surface area (Å²) in [6.45, 7) is 0.743. The van der Waals surface area contributed by atoms with Crippen molar-refractivity contribution in [2.45, 2.75) is 25.3 Å². The molecule has 3 unspecified atom stereocenters. The van der Waals surface area contributed by atoms with Crippen LogP contribution in [0.1, 0.15) is 24.8 Å². The number of carbonyl (C=O) groups is 1. The Labute approximate surface area is 122 Å². The molecule has 1 aromatic rings. The van der Waals surface area contributed by atoms with E-state index in [1.807, 2.05) is 11.0 Å². The summed E-state index contributed by atoms with van der Waals surface area (Å²) in [5.41, 5.74) is 1.22. The highest BCUT2D eigenvalue weighted by Gasteiger charge is 2.48. The van der Waals surface area contributed by atoms with Crippen molar-refractivity contribution in [3.8, 4) is 6.07 Å². The van der Waals surface area contributed by atoms with E-state index >= 15 is 0 Å². The van der Waals surface area contributed by atoms with Crippen LogP contribution in [0.25, 0.3) is 0 Å². The lowest BCUT2D eigenvalue weighted by Crippen LogP contribution is -2.39. The molecule has 1 saturated carbocycles. The van der Waals surface area contributed by atoms with Gasteiger partial charge in [-0.1, -0.05) is 18.0 Å². The molecule has 3 rings (SSSR count). The van der Waals surface area contributed by atoms with Crippen molar-refractivity contribution in [1.82, 2.24) is 0 Å². The highest BCUT2D eigenvalue weighted by molar-refractivity contribution is 6.33. The van der Waals surface area contributed by atoms with Gasteiger partial charge in [0.2, 0.25) is 0 Å². The molecular weight excluding hydrogens is 276 g/mol. The first-order chi connectivity index (χ1) is 9.61. The van der Waals surface area contributed by atoms with E-state index < -0.39 is 12.0 Å². The maximum absolute atomic E-state index is 11.6. The van der Waals surface area contributed by atoms with Gasteiger partial charge in [0.1, 0.15) is 6.04 Å². The predicted molar refractivity (Wildman–Crippen MR) is 75.8 cm³/mol. The summed E-state index contributed by atoms with van der Waals surface area (Å²) >= 11 is 6.23. The fourth-order valence-electron chi connectivity index (χ4n) is 3.68. The maximum Gasteiger partial charge on any atom is 0.326 e. The lowest BCUT2D eigenvalue weighted by molar-refractivity contribution is -0.139. The molecule has 3 atom stereocenters.